The first-order valence-electron chi connectivity index (χ1n) is 6.10. The van der Waals surface area contributed by atoms with E-state index in [0.29, 0.717) is 12.6 Å². The molecule has 2 heteroatoms. The number of benzene rings is 1. The third-order valence-corrected chi connectivity index (χ3v) is 2.91. The Bertz CT molecular complexity index is 277. The molecule has 1 aromatic rings. The van der Waals surface area contributed by atoms with Crippen LogP contribution in [-0.4, -0.2) is 13.2 Å². The van der Waals surface area contributed by atoms with Gasteiger partial charge in [0, 0.05) is 19.7 Å². The van der Waals surface area contributed by atoms with Crippen LogP contribution in [0.1, 0.15) is 37.8 Å². The Hall–Kier alpha value is -0.860. The molecule has 0 aliphatic rings. The van der Waals surface area contributed by atoms with Crippen molar-refractivity contribution in [2.75, 3.05) is 7.11 Å². The molecule has 0 unspecified atom stereocenters. The molecule has 1 rings (SSSR count). The van der Waals surface area contributed by atoms with Gasteiger partial charge in [-0.2, -0.15) is 0 Å². The first-order valence-corrected chi connectivity index (χ1v) is 6.10. The minimum absolute atomic E-state index is 0.638. The van der Waals surface area contributed by atoms with E-state index in [1.54, 1.807) is 7.11 Å². The van der Waals surface area contributed by atoms with Crippen LogP contribution < -0.4 is 5.32 Å². The van der Waals surface area contributed by atoms with Gasteiger partial charge in [0.25, 0.3) is 0 Å². The molecular formula is C14H23NO. The molecule has 2 nitrogen and oxygen atoms in total. The lowest BCUT2D eigenvalue weighted by Crippen LogP contribution is -2.26. The Morgan fingerprint density at radius 2 is 1.62 bits per heavy atom. The van der Waals surface area contributed by atoms with E-state index in [2.05, 4.69) is 43.4 Å². The summed E-state index contributed by atoms with van der Waals surface area (Å²) < 4.78 is 5.09. The van der Waals surface area contributed by atoms with Crippen LogP contribution >= 0.6 is 0 Å². The third kappa shape index (κ3) is 4.33. The molecule has 0 amide bonds. The van der Waals surface area contributed by atoms with Crippen molar-refractivity contribution in [3.63, 3.8) is 0 Å². The molecule has 0 saturated carbocycles. The second kappa shape index (κ2) is 7.42. The van der Waals surface area contributed by atoms with Crippen LogP contribution in [0.4, 0.5) is 0 Å². The maximum atomic E-state index is 5.09. The SMILES string of the molecule is CCC(CC)NCc1ccc(COC)cc1. The zero-order chi connectivity index (χ0) is 11.8. The van der Waals surface area contributed by atoms with Crippen LogP contribution in [0, 0.1) is 0 Å². The summed E-state index contributed by atoms with van der Waals surface area (Å²) in [6, 6.07) is 9.24. The summed E-state index contributed by atoms with van der Waals surface area (Å²) in [4.78, 5) is 0. The molecule has 0 fully saturated rings. The molecule has 0 aliphatic carbocycles. The fourth-order valence-corrected chi connectivity index (χ4v) is 1.76. The average Bonchev–Trinajstić information content (AvgIpc) is 2.33. The Labute approximate surface area is 99.0 Å². The Balaban J connectivity index is 2.42. The molecule has 0 saturated heterocycles. The fraction of sp³-hybridized carbons (Fsp3) is 0.571. The van der Waals surface area contributed by atoms with Crippen molar-refractivity contribution < 1.29 is 4.74 Å². The van der Waals surface area contributed by atoms with Gasteiger partial charge in [-0.05, 0) is 24.0 Å². The summed E-state index contributed by atoms with van der Waals surface area (Å²) >= 11 is 0. The first kappa shape index (κ1) is 13.2. The summed E-state index contributed by atoms with van der Waals surface area (Å²) in [6.45, 7) is 6.10. The van der Waals surface area contributed by atoms with Gasteiger partial charge in [0.05, 0.1) is 6.61 Å². The van der Waals surface area contributed by atoms with Crippen LogP contribution in [0.25, 0.3) is 0 Å². The molecule has 16 heavy (non-hydrogen) atoms. The maximum Gasteiger partial charge on any atom is 0.0713 e. The van der Waals surface area contributed by atoms with Crippen molar-refractivity contribution in [1.82, 2.24) is 5.32 Å². The van der Waals surface area contributed by atoms with Gasteiger partial charge in [0.2, 0.25) is 0 Å². The molecule has 0 bridgehead atoms. The van der Waals surface area contributed by atoms with Crippen LogP contribution in [0.2, 0.25) is 0 Å². The normalized spacial score (nSPS) is 11.0. The zero-order valence-corrected chi connectivity index (χ0v) is 10.6. The molecule has 0 radical (unpaired) electrons. The van der Waals surface area contributed by atoms with Crippen LogP contribution in [-0.2, 0) is 17.9 Å². The monoisotopic (exact) mass is 221 g/mol. The van der Waals surface area contributed by atoms with Gasteiger partial charge in [0.15, 0.2) is 0 Å². The summed E-state index contributed by atoms with van der Waals surface area (Å²) in [7, 11) is 1.72. The number of ether oxygens (including phenoxy) is 1. The minimum Gasteiger partial charge on any atom is -0.380 e. The van der Waals surface area contributed by atoms with Crippen LogP contribution in [0.15, 0.2) is 24.3 Å². The molecule has 0 spiro atoms. The summed E-state index contributed by atoms with van der Waals surface area (Å²) in [5.41, 5.74) is 2.57. The zero-order valence-electron chi connectivity index (χ0n) is 10.6. The van der Waals surface area contributed by atoms with Crippen molar-refractivity contribution in [3.05, 3.63) is 35.4 Å². The summed E-state index contributed by atoms with van der Waals surface area (Å²) in [6.07, 6.45) is 2.39. The number of nitrogens with one attached hydrogen (secondary N) is 1. The molecule has 1 aromatic carbocycles. The van der Waals surface area contributed by atoms with E-state index in [-0.39, 0.29) is 0 Å². The lowest BCUT2D eigenvalue weighted by molar-refractivity contribution is 0.185. The Morgan fingerprint density at radius 1 is 1.06 bits per heavy atom. The standard InChI is InChI=1S/C14H23NO/c1-4-14(5-2)15-10-12-6-8-13(9-7-12)11-16-3/h6-9,14-15H,4-5,10-11H2,1-3H3. The van der Waals surface area contributed by atoms with Crippen molar-refractivity contribution in [3.8, 4) is 0 Å². The lowest BCUT2D eigenvalue weighted by Gasteiger charge is -2.14. The number of methoxy groups -OCH3 is 1. The highest BCUT2D eigenvalue weighted by atomic mass is 16.5. The quantitative estimate of drug-likeness (QED) is 0.764. The van der Waals surface area contributed by atoms with E-state index in [1.165, 1.54) is 24.0 Å². The molecule has 0 heterocycles. The molecule has 90 valence electrons. The van der Waals surface area contributed by atoms with E-state index >= 15 is 0 Å². The van der Waals surface area contributed by atoms with Gasteiger partial charge >= 0.3 is 0 Å². The van der Waals surface area contributed by atoms with Crippen LogP contribution in [0.3, 0.4) is 0 Å². The van der Waals surface area contributed by atoms with E-state index in [9.17, 15) is 0 Å². The van der Waals surface area contributed by atoms with Crippen molar-refractivity contribution >= 4 is 0 Å². The first-order chi connectivity index (χ1) is 7.80. The van der Waals surface area contributed by atoms with Crippen molar-refractivity contribution in [2.45, 2.75) is 45.9 Å². The number of hydrogen-bond donors (Lipinski definition) is 1. The highest BCUT2D eigenvalue weighted by molar-refractivity contribution is 5.21. The maximum absolute atomic E-state index is 5.09. The number of rotatable bonds is 7. The van der Waals surface area contributed by atoms with Gasteiger partial charge in [-0.3, -0.25) is 0 Å². The van der Waals surface area contributed by atoms with E-state index in [4.69, 9.17) is 4.74 Å². The van der Waals surface area contributed by atoms with E-state index in [1.807, 2.05) is 0 Å². The Kier molecular flexibility index (Phi) is 6.12. The van der Waals surface area contributed by atoms with E-state index in [0.717, 1.165) is 6.54 Å². The predicted molar refractivity (Wildman–Crippen MR) is 68.4 cm³/mol. The highest BCUT2D eigenvalue weighted by Crippen LogP contribution is 2.06. The number of hydrogen-bond acceptors (Lipinski definition) is 2. The topological polar surface area (TPSA) is 21.3 Å². The summed E-state index contributed by atoms with van der Waals surface area (Å²) in [5.74, 6) is 0. The minimum atomic E-state index is 0.638. The highest BCUT2D eigenvalue weighted by Gasteiger charge is 2.01. The molecule has 1 N–H and O–H groups in total. The largest absolute Gasteiger partial charge is 0.380 e. The smallest absolute Gasteiger partial charge is 0.0713 e. The van der Waals surface area contributed by atoms with Gasteiger partial charge in [0.1, 0.15) is 0 Å². The second-order valence-electron chi connectivity index (χ2n) is 4.14. The van der Waals surface area contributed by atoms with Crippen molar-refractivity contribution in [2.24, 2.45) is 0 Å². The lowest BCUT2D eigenvalue weighted by atomic mass is 10.1. The Morgan fingerprint density at radius 3 is 2.12 bits per heavy atom. The fourth-order valence-electron chi connectivity index (χ4n) is 1.76. The van der Waals surface area contributed by atoms with Crippen LogP contribution in [0.5, 0.6) is 0 Å². The van der Waals surface area contributed by atoms with Gasteiger partial charge in [-0.15, -0.1) is 0 Å². The third-order valence-electron chi connectivity index (χ3n) is 2.91. The van der Waals surface area contributed by atoms with Crippen molar-refractivity contribution in [1.29, 1.82) is 0 Å². The van der Waals surface area contributed by atoms with E-state index < -0.39 is 0 Å². The molecule has 0 aromatic heterocycles. The predicted octanol–water partition coefficient (Wildman–Crippen LogP) is 3.11. The van der Waals surface area contributed by atoms with Gasteiger partial charge in [-0.25, -0.2) is 0 Å². The van der Waals surface area contributed by atoms with Gasteiger partial charge < -0.3 is 10.1 Å². The molecule has 0 aliphatic heterocycles. The molecular weight excluding hydrogens is 198 g/mol. The second-order valence-corrected chi connectivity index (χ2v) is 4.14. The molecule has 0 atom stereocenters. The average molecular weight is 221 g/mol. The summed E-state index contributed by atoms with van der Waals surface area (Å²) in [5, 5.41) is 3.56. The van der Waals surface area contributed by atoms with Gasteiger partial charge in [-0.1, -0.05) is 38.1 Å².